The number of fused-ring (bicyclic) bond motifs is 1. The Morgan fingerprint density at radius 3 is 2.93 bits per heavy atom. The van der Waals surface area contributed by atoms with E-state index in [0.717, 1.165) is 17.3 Å². The second-order valence-electron chi connectivity index (χ2n) is 3.48. The summed E-state index contributed by atoms with van der Waals surface area (Å²) in [5.74, 6) is 0.311. The zero-order chi connectivity index (χ0) is 10.8. The highest BCUT2D eigenvalue weighted by Gasteiger charge is 2.06. The van der Waals surface area contributed by atoms with E-state index in [9.17, 15) is 4.79 Å². The monoisotopic (exact) mass is 203 g/mol. The minimum absolute atomic E-state index is 0.294. The van der Waals surface area contributed by atoms with Crippen LogP contribution in [0.2, 0.25) is 0 Å². The molecule has 78 valence electrons. The first kappa shape index (κ1) is 9.77. The highest BCUT2D eigenvalue weighted by molar-refractivity contribution is 5.88. The van der Waals surface area contributed by atoms with E-state index in [4.69, 9.17) is 4.74 Å². The lowest BCUT2D eigenvalue weighted by Crippen LogP contribution is -2.00. The number of hydrogen-bond donors (Lipinski definition) is 1. The van der Waals surface area contributed by atoms with Gasteiger partial charge in [-0.1, -0.05) is 13.0 Å². The Morgan fingerprint density at radius 2 is 2.27 bits per heavy atom. The number of rotatable bonds is 2. The Kier molecular flexibility index (Phi) is 2.46. The van der Waals surface area contributed by atoms with Gasteiger partial charge in [0.15, 0.2) is 5.75 Å². The number of aromatic amines is 1. The van der Waals surface area contributed by atoms with Crippen molar-refractivity contribution in [2.24, 2.45) is 0 Å². The largest absolute Gasteiger partial charge is 0.424 e. The normalized spacial score (nSPS) is 10.5. The van der Waals surface area contributed by atoms with Crippen molar-refractivity contribution < 1.29 is 9.53 Å². The topological polar surface area (TPSA) is 42.1 Å². The fourth-order valence-corrected chi connectivity index (χ4v) is 1.60. The highest BCUT2D eigenvalue weighted by atomic mass is 16.5. The third-order valence-corrected chi connectivity index (χ3v) is 2.37. The maximum Gasteiger partial charge on any atom is 0.308 e. The number of hydrogen-bond acceptors (Lipinski definition) is 2. The predicted octanol–water partition coefficient (Wildman–Crippen LogP) is 2.66. The highest BCUT2D eigenvalue weighted by Crippen LogP contribution is 2.26. The molecule has 0 aliphatic rings. The van der Waals surface area contributed by atoms with Crippen LogP contribution in [-0.2, 0) is 11.2 Å². The first-order valence-electron chi connectivity index (χ1n) is 4.99. The molecule has 2 rings (SSSR count). The van der Waals surface area contributed by atoms with Gasteiger partial charge in [0.25, 0.3) is 0 Å². The zero-order valence-electron chi connectivity index (χ0n) is 8.83. The predicted molar refractivity (Wildman–Crippen MR) is 59.0 cm³/mol. The second kappa shape index (κ2) is 3.77. The van der Waals surface area contributed by atoms with Crippen molar-refractivity contribution in [2.75, 3.05) is 0 Å². The first-order chi connectivity index (χ1) is 7.20. The van der Waals surface area contributed by atoms with Crippen molar-refractivity contribution in [2.45, 2.75) is 20.3 Å². The van der Waals surface area contributed by atoms with E-state index in [1.54, 1.807) is 6.20 Å². The molecule has 0 fully saturated rings. The fourth-order valence-electron chi connectivity index (χ4n) is 1.60. The van der Waals surface area contributed by atoms with Crippen molar-refractivity contribution in [1.29, 1.82) is 0 Å². The minimum Gasteiger partial charge on any atom is -0.424 e. The van der Waals surface area contributed by atoms with E-state index in [0.29, 0.717) is 5.75 Å². The molecule has 3 nitrogen and oxygen atoms in total. The standard InChI is InChI=1S/C12H13NO2/c1-3-9-4-5-11-10(6-9)12(7-13-11)15-8(2)14/h4-7,13H,3H2,1-2H3. The van der Waals surface area contributed by atoms with Gasteiger partial charge in [0.1, 0.15) is 0 Å². The molecular weight excluding hydrogens is 190 g/mol. The number of aromatic nitrogens is 1. The smallest absolute Gasteiger partial charge is 0.308 e. The molecule has 1 aromatic carbocycles. The number of carbonyl (C=O) groups excluding carboxylic acids is 1. The summed E-state index contributed by atoms with van der Waals surface area (Å²) in [5.41, 5.74) is 2.22. The molecule has 2 aromatic rings. The molecule has 1 heterocycles. The van der Waals surface area contributed by atoms with Gasteiger partial charge < -0.3 is 9.72 Å². The van der Waals surface area contributed by atoms with Gasteiger partial charge in [-0.05, 0) is 24.1 Å². The molecule has 0 aliphatic heterocycles. The van der Waals surface area contributed by atoms with Crippen LogP contribution < -0.4 is 4.74 Å². The molecule has 0 atom stereocenters. The Labute approximate surface area is 88.1 Å². The van der Waals surface area contributed by atoms with Crippen molar-refractivity contribution in [3.8, 4) is 5.75 Å². The van der Waals surface area contributed by atoms with E-state index in [1.807, 2.05) is 12.1 Å². The van der Waals surface area contributed by atoms with Crippen molar-refractivity contribution in [3.05, 3.63) is 30.0 Å². The summed E-state index contributed by atoms with van der Waals surface area (Å²) in [6, 6.07) is 6.11. The molecule has 0 saturated heterocycles. The molecule has 0 radical (unpaired) electrons. The van der Waals surface area contributed by atoms with Crippen LogP contribution in [0.4, 0.5) is 0 Å². The van der Waals surface area contributed by atoms with E-state index in [-0.39, 0.29) is 5.97 Å². The summed E-state index contributed by atoms with van der Waals surface area (Å²) < 4.78 is 5.10. The number of ether oxygens (including phenoxy) is 1. The fraction of sp³-hybridized carbons (Fsp3) is 0.250. The van der Waals surface area contributed by atoms with Gasteiger partial charge in [0.05, 0.1) is 0 Å². The molecule has 0 spiro atoms. The summed E-state index contributed by atoms with van der Waals surface area (Å²) in [7, 11) is 0. The summed E-state index contributed by atoms with van der Waals surface area (Å²) in [4.78, 5) is 13.9. The molecule has 0 unspecified atom stereocenters. The van der Waals surface area contributed by atoms with Crippen LogP contribution in [0.1, 0.15) is 19.4 Å². The Hall–Kier alpha value is -1.77. The van der Waals surface area contributed by atoms with Crippen LogP contribution in [0.15, 0.2) is 24.4 Å². The van der Waals surface area contributed by atoms with Crippen LogP contribution in [0.3, 0.4) is 0 Å². The third-order valence-electron chi connectivity index (χ3n) is 2.37. The van der Waals surface area contributed by atoms with Crippen LogP contribution in [-0.4, -0.2) is 11.0 Å². The van der Waals surface area contributed by atoms with E-state index in [1.165, 1.54) is 12.5 Å². The number of carbonyl (C=O) groups is 1. The maximum atomic E-state index is 10.9. The molecule has 1 N–H and O–H groups in total. The zero-order valence-corrected chi connectivity index (χ0v) is 8.83. The quantitative estimate of drug-likeness (QED) is 0.762. The second-order valence-corrected chi connectivity index (χ2v) is 3.48. The number of aryl methyl sites for hydroxylation is 1. The van der Waals surface area contributed by atoms with Crippen LogP contribution in [0.25, 0.3) is 10.9 Å². The molecular formula is C12H13NO2. The van der Waals surface area contributed by atoms with E-state index in [2.05, 4.69) is 18.0 Å². The van der Waals surface area contributed by atoms with Crippen LogP contribution in [0, 0.1) is 0 Å². The van der Waals surface area contributed by atoms with Crippen molar-refractivity contribution >= 4 is 16.9 Å². The van der Waals surface area contributed by atoms with Crippen molar-refractivity contribution in [3.63, 3.8) is 0 Å². The molecule has 0 saturated carbocycles. The molecule has 0 aliphatic carbocycles. The first-order valence-corrected chi connectivity index (χ1v) is 4.99. The average molecular weight is 203 g/mol. The number of nitrogens with one attached hydrogen (secondary N) is 1. The van der Waals surface area contributed by atoms with Gasteiger partial charge >= 0.3 is 5.97 Å². The number of benzene rings is 1. The summed E-state index contributed by atoms with van der Waals surface area (Å²) >= 11 is 0. The number of esters is 1. The summed E-state index contributed by atoms with van der Waals surface area (Å²) in [5, 5.41) is 0.963. The summed E-state index contributed by atoms with van der Waals surface area (Å²) in [6.07, 6.45) is 2.69. The van der Waals surface area contributed by atoms with Gasteiger partial charge in [-0.3, -0.25) is 4.79 Å². The third kappa shape index (κ3) is 1.86. The van der Waals surface area contributed by atoms with Gasteiger partial charge in [-0.15, -0.1) is 0 Å². The van der Waals surface area contributed by atoms with Crippen LogP contribution >= 0.6 is 0 Å². The van der Waals surface area contributed by atoms with Crippen LogP contribution in [0.5, 0.6) is 5.75 Å². The van der Waals surface area contributed by atoms with Gasteiger partial charge in [-0.25, -0.2) is 0 Å². The van der Waals surface area contributed by atoms with Gasteiger partial charge in [0, 0.05) is 24.0 Å². The molecule has 1 aromatic heterocycles. The Balaban J connectivity index is 2.51. The molecule has 0 amide bonds. The molecule has 0 bridgehead atoms. The number of H-pyrrole nitrogens is 1. The average Bonchev–Trinajstić information content (AvgIpc) is 2.60. The lowest BCUT2D eigenvalue weighted by molar-refractivity contribution is -0.131. The van der Waals surface area contributed by atoms with Gasteiger partial charge in [-0.2, -0.15) is 0 Å². The van der Waals surface area contributed by atoms with E-state index < -0.39 is 0 Å². The Bertz CT molecular complexity index is 499. The maximum absolute atomic E-state index is 10.9. The lowest BCUT2D eigenvalue weighted by atomic mass is 10.1. The Morgan fingerprint density at radius 1 is 1.47 bits per heavy atom. The van der Waals surface area contributed by atoms with Gasteiger partial charge in [0.2, 0.25) is 0 Å². The molecule has 15 heavy (non-hydrogen) atoms. The lowest BCUT2D eigenvalue weighted by Gasteiger charge is -2.00. The summed E-state index contributed by atoms with van der Waals surface area (Å²) in [6.45, 7) is 3.50. The minimum atomic E-state index is -0.294. The molecule has 3 heteroatoms. The SMILES string of the molecule is CCc1ccc2[nH]cc(OC(C)=O)c2c1. The van der Waals surface area contributed by atoms with E-state index >= 15 is 0 Å². The van der Waals surface area contributed by atoms with Crippen molar-refractivity contribution in [1.82, 2.24) is 4.98 Å².